The minimum Gasteiger partial charge on any atom is -0.469 e. The summed E-state index contributed by atoms with van der Waals surface area (Å²) in [6, 6.07) is 3.91. The van der Waals surface area contributed by atoms with E-state index in [0.717, 1.165) is 6.42 Å². The first-order valence-electron chi connectivity index (χ1n) is 12.8. The number of nitrogens with zero attached hydrogens (tertiary/aromatic N) is 4. The fourth-order valence-corrected chi connectivity index (χ4v) is 4.62. The van der Waals surface area contributed by atoms with Crippen LogP contribution in [0.3, 0.4) is 0 Å². The van der Waals surface area contributed by atoms with E-state index in [-0.39, 0.29) is 34.8 Å². The molecule has 37 heavy (non-hydrogen) atoms. The maximum atomic E-state index is 15.1. The first-order valence-corrected chi connectivity index (χ1v) is 12.8. The van der Waals surface area contributed by atoms with Gasteiger partial charge in [-0.25, -0.2) is 14.2 Å². The molecule has 1 atom stereocenters. The fourth-order valence-electron chi connectivity index (χ4n) is 4.62. The van der Waals surface area contributed by atoms with Crippen LogP contribution in [0.15, 0.2) is 18.2 Å². The molecule has 2 aliphatic heterocycles. The van der Waals surface area contributed by atoms with E-state index < -0.39 is 17.4 Å². The maximum Gasteiger partial charge on any atom is 0.319 e. The third kappa shape index (κ3) is 5.61. The molecule has 0 bridgehead atoms. The first kappa shape index (κ1) is 26.6. The van der Waals surface area contributed by atoms with Gasteiger partial charge in [-0.2, -0.15) is 4.98 Å². The van der Waals surface area contributed by atoms with Gasteiger partial charge in [-0.15, -0.1) is 0 Å². The summed E-state index contributed by atoms with van der Waals surface area (Å²) in [6.07, 6.45) is 0.819. The lowest BCUT2D eigenvalue weighted by Crippen LogP contribution is -2.46. The molecule has 0 aliphatic carbocycles. The van der Waals surface area contributed by atoms with Crippen molar-refractivity contribution in [1.82, 2.24) is 20.2 Å². The summed E-state index contributed by atoms with van der Waals surface area (Å²) in [5.41, 5.74) is 0.189. The van der Waals surface area contributed by atoms with Crippen LogP contribution in [0.1, 0.15) is 51.4 Å². The summed E-state index contributed by atoms with van der Waals surface area (Å²) in [5, 5.41) is 5.07. The van der Waals surface area contributed by atoms with Crippen LogP contribution in [0.4, 0.5) is 20.8 Å². The average molecular weight is 515 g/mol. The summed E-state index contributed by atoms with van der Waals surface area (Å²) in [4.78, 5) is 38.9. The number of aromatic nitrogens is 2. The predicted molar refractivity (Wildman–Crippen MR) is 139 cm³/mol. The van der Waals surface area contributed by atoms with E-state index in [4.69, 9.17) is 19.4 Å². The third-order valence-corrected chi connectivity index (χ3v) is 6.48. The number of hydrogen-bond donors (Lipinski definition) is 2. The molecule has 4 rings (SSSR count). The number of nitrogens with one attached hydrogen (secondary N) is 2. The van der Waals surface area contributed by atoms with Gasteiger partial charge in [0.25, 0.3) is 5.91 Å². The number of urea groups is 1. The van der Waals surface area contributed by atoms with Gasteiger partial charge in [-0.1, -0.05) is 13.0 Å². The standard InChI is InChI=1S/C26H35FN6O4/c1-6-17-14-36-12-11-33(17)24-30-21(16-9-10-19(18(27)13-16)29-25(35)28-7-2)20-22(31-24)37-26(4,5)15-32(8-3)23(20)34/h9-10,13,17H,6-8,11-12,14-15H2,1-5H3,(H2,28,29,35). The number of carbonyl (C=O) groups is 2. The Morgan fingerprint density at radius 3 is 2.70 bits per heavy atom. The van der Waals surface area contributed by atoms with Gasteiger partial charge in [-0.05, 0) is 46.2 Å². The van der Waals surface area contributed by atoms with Crippen molar-refractivity contribution in [2.75, 3.05) is 49.6 Å². The summed E-state index contributed by atoms with van der Waals surface area (Å²) in [5.74, 6) is -0.340. The number of halogens is 1. The highest BCUT2D eigenvalue weighted by Crippen LogP contribution is 2.37. The SMILES string of the molecule is CCNC(=O)Nc1ccc(-c2nc(N3CCOCC3CC)nc3c2C(=O)N(CC)CC(C)(C)O3)cc1F. The minimum absolute atomic E-state index is 0.0215. The Hall–Kier alpha value is -3.47. The largest absolute Gasteiger partial charge is 0.469 e. The lowest BCUT2D eigenvalue weighted by molar-refractivity contribution is 0.0540. The van der Waals surface area contributed by atoms with Crippen molar-refractivity contribution >= 4 is 23.6 Å². The van der Waals surface area contributed by atoms with Crippen molar-refractivity contribution in [2.45, 2.75) is 52.7 Å². The average Bonchev–Trinajstić information content (AvgIpc) is 2.97. The molecule has 2 aliphatic rings. The monoisotopic (exact) mass is 514 g/mol. The minimum atomic E-state index is -0.694. The fraction of sp³-hybridized carbons (Fsp3) is 0.538. The molecule has 2 aromatic rings. The zero-order valence-corrected chi connectivity index (χ0v) is 22.1. The second-order valence-corrected chi connectivity index (χ2v) is 9.74. The van der Waals surface area contributed by atoms with Gasteiger partial charge in [-0.3, -0.25) is 4.79 Å². The van der Waals surface area contributed by atoms with Crippen LogP contribution in [0.5, 0.6) is 5.88 Å². The number of hydrogen-bond acceptors (Lipinski definition) is 7. The van der Waals surface area contributed by atoms with Crippen LogP contribution in [0, 0.1) is 5.82 Å². The number of morpholine rings is 1. The number of fused-ring (bicyclic) bond motifs is 1. The van der Waals surface area contributed by atoms with Gasteiger partial charge in [0, 0.05) is 25.2 Å². The van der Waals surface area contributed by atoms with Gasteiger partial charge in [0.2, 0.25) is 11.8 Å². The molecule has 2 N–H and O–H groups in total. The number of ether oxygens (including phenoxy) is 2. The Balaban J connectivity index is 1.87. The Morgan fingerprint density at radius 1 is 1.24 bits per heavy atom. The number of anilines is 2. The van der Waals surface area contributed by atoms with Gasteiger partial charge in [0.05, 0.1) is 37.2 Å². The molecule has 0 radical (unpaired) electrons. The molecule has 1 unspecified atom stereocenters. The van der Waals surface area contributed by atoms with E-state index in [9.17, 15) is 9.59 Å². The van der Waals surface area contributed by atoms with E-state index in [1.54, 1.807) is 17.9 Å². The van der Waals surface area contributed by atoms with E-state index in [2.05, 4.69) is 22.5 Å². The topological polar surface area (TPSA) is 109 Å². The Kier molecular flexibility index (Phi) is 7.82. The number of likely N-dealkylation sites (N-methyl/N-ethyl adjacent to an activating group) is 1. The van der Waals surface area contributed by atoms with Crippen LogP contribution >= 0.6 is 0 Å². The zero-order chi connectivity index (χ0) is 26.7. The smallest absolute Gasteiger partial charge is 0.319 e. The highest BCUT2D eigenvalue weighted by Gasteiger charge is 2.38. The van der Waals surface area contributed by atoms with Gasteiger partial charge >= 0.3 is 6.03 Å². The van der Waals surface area contributed by atoms with Crippen LogP contribution in [-0.4, -0.2) is 77.8 Å². The molecule has 3 amide bonds. The molecule has 0 spiro atoms. The van der Waals surface area contributed by atoms with Crippen molar-refractivity contribution in [3.05, 3.63) is 29.6 Å². The summed E-state index contributed by atoms with van der Waals surface area (Å²) in [6.45, 7) is 12.4. The van der Waals surface area contributed by atoms with Gasteiger partial charge in [0.1, 0.15) is 17.0 Å². The Morgan fingerprint density at radius 2 is 2.03 bits per heavy atom. The number of benzene rings is 1. The molecule has 3 heterocycles. The molecular weight excluding hydrogens is 479 g/mol. The van der Waals surface area contributed by atoms with E-state index in [1.807, 2.05) is 20.8 Å². The van der Waals surface area contributed by atoms with E-state index >= 15 is 4.39 Å². The number of carbonyl (C=O) groups excluding carboxylic acids is 2. The van der Waals surface area contributed by atoms with Crippen LogP contribution in [-0.2, 0) is 4.74 Å². The molecule has 0 saturated carbocycles. The summed E-state index contributed by atoms with van der Waals surface area (Å²) >= 11 is 0. The van der Waals surface area contributed by atoms with Crippen LogP contribution < -0.4 is 20.3 Å². The summed E-state index contributed by atoms with van der Waals surface area (Å²) < 4.78 is 27.1. The van der Waals surface area contributed by atoms with Crippen molar-refractivity contribution in [2.24, 2.45) is 0 Å². The number of rotatable bonds is 6. The third-order valence-electron chi connectivity index (χ3n) is 6.48. The van der Waals surface area contributed by atoms with Crippen LogP contribution in [0.2, 0.25) is 0 Å². The highest BCUT2D eigenvalue weighted by molar-refractivity contribution is 6.03. The Bertz CT molecular complexity index is 1170. The molecule has 1 aromatic heterocycles. The van der Waals surface area contributed by atoms with Crippen molar-refractivity contribution in [3.8, 4) is 17.1 Å². The first-order chi connectivity index (χ1) is 17.7. The van der Waals surface area contributed by atoms with Gasteiger partial charge in [0.15, 0.2) is 0 Å². The zero-order valence-electron chi connectivity index (χ0n) is 22.1. The molecule has 11 heteroatoms. The van der Waals surface area contributed by atoms with Crippen LogP contribution in [0.25, 0.3) is 11.3 Å². The normalized spacial score (nSPS) is 19.1. The predicted octanol–water partition coefficient (Wildman–Crippen LogP) is 3.67. The Labute approximate surface area is 216 Å². The maximum absolute atomic E-state index is 15.1. The molecular formula is C26H35FN6O4. The van der Waals surface area contributed by atoms with Crippen molar-refractivity contribution < 1.29 is 23.5 Å². The molecule has 1 saturated heterocycles. The van der Waals surface area contributed by atoms with E-state index in [1.165, 1.54) is 12.1 Å². The molecule has 200 valence electrons. The quantitative estimate of drug-likeness (QED) is 0.605. The number of amides is 3. The molecule has 1 fully saturated rings. The van der Waals surface area contributed by atoms with Gasteiger partial charge < -0.3 is 29.9 Å². The molecule has 10 nitrogen and oxygen atoms in total. The molecule has 1 aromatic carbocycles. The lowest BCUT2D eigenvalue weighted by atomic mass is 10.0. The highest BCUT2D eigenvalue weighted by atomic mass is 19.1. The lowest BCUT2D eigenvalue weighted by Gasteiger charge is -2.35. The second kappa shape index (κ2) is 10.9. The summed E-state index contributed by atoms with van der Waals surface area (Å²) in [7, 11) is 0. The van der Waals surface area contributed by atoms with E-state index in [0.29, 0.717) is 50.9 Å². The second-order valence-electron chi connectivity index (χ2n) is 9.74. The van der Waals surface area contributed by atoms with Crippen molar-refractivity contribution in [3.63, 3.8) is 0 Å². The van der Waals surface area contributed by atoms with Crippen molar-refractivity contribution in [1.29, 1.82) is 0 Å².